The normalized spacial score (nSPS) is 11.5. The van der Waals surface area contributed by atoms with Crippen molar-refractivity contribution in [1.82, 2.24) is 9.55 Å². The van der Waals surface area contributed by atoms with Gasteiger partial charge >= 0.3 is 0 Å². The van der Waals surface area contributed by atoms with E-state index in [1.54, 1.807) is 0 Å². The van der Waals surface area contributed by atoms with Crippen molar-refractivity contribution in [3.05, 3.63) is 58.9 Å². The Morgan fingerprint density at radius 3 is 2.42 bits per heavy atom. The van der Waals surface area contributed by atoms with Gasteiger partial charge in [0, 0.05) is 6.42 Å². The first kappa shape index (κ1) is 18.5. The van der Waals surface area contributed by atoms with Crippen molar-refractivity contribution >= 4 is 11.0 Å². The van der Waals surface area contributed by atoms with Gasteiger partial charge in [0.2, 0.25) is 0 Å². The third kappa shape index (κ3) is 3.91. The maximum Gasteiger partial charge on any atom is 0.119 e. The van der Waals surface area contributed by atoms with E-state index in [-0.39, 0.29) is 6.61 Å². The summed E-state index contributed by atoms with van der Waals surface area (Å²) >= 11 is 0. The van der Waals surface area contributed by atoms with E-state index in [2.05, 4.69) is 56.5 Å². The molecule has 0 unspecified atom stereocenters. The average molecular weight is 352 g/mol. The van der Waals surface area contributed by atoms with Gasteiger partial charge in [0.25, 0.3) is 0 Å². The number of imidazole rings is 1. The van der Waals surface area contributed by atoms with Crippen LogP contribution in [0, 0.1) is 13.8 Å². The Hall–Kier alpha value is -2.33. The maximum absolute atomic E-state index is 9.37. The van der Waals surface area contributed by atoms with Crippen LogP contribution in [0.3, 0.4) is 0 Å². The summed E-state index contributed by atoms with van der Waals surface area (Å²) in [5.74, 6) is 2.31. The Morgan fingerprint density at radius 2 is 1.77 bits per heavy atom. The largest absolute Gasteiger partial charge is 0.492 e. The van der Waals surface area contributed by atoms with Gasteiger partial charge in [-0.25, -0.2) is 4.98 Å². The lowest BCUT2D eigenvalue weighted by molar-refractivity contribution is 0.283. The van der Waals surface area contributed by atoms with E-state index in [1.165, 1.54) is 16.7 Å². The Balaban J connectivity index is 1.77. The molecule has 1 N–H and O–H groups in total. The first-order valence-electron chi connectivity index (χ1n) is 9.29. The minimum Gasteiger partial charge on any atom is -0.492 e. The number of benzene rings is 2. The number of rotatable bonds is 7. The summed E-state index contributed by atoms with van der Waals surface area (Å²) in [4.78, 5) is 4.71. The van der Waals surface area contributed by atoms with Gasteiger partial charge in [0.1, 0.15) is 18.2 Å². The molecular formula is C22H28N2O2. The van der Waals surface area contributed by atoms with E-state index in [0.29, 0.717) is 25.5 Å². The molecule has 0 aliphatic carbocycles. The van der Waals surface area contributed by atoms with E-state index < -0.39 is 0 Å². The highest BCUT2D eigenvalue weighted by Gasteiger charge is 2.12. The van der Waals surface area contributed by atoms with Crippen LogP contribution in [0.4, 0.5) is 0 Å². The molecule has 0 saturated carbocycles. The Kier molecular flexibility index (Phi) is 5.62. The van der Waals surface area contributed by atoms with Crippen LogP contribution in [0.1, 0.15) is 42.3 Å². The fraction of sp³-hybridized carbons (Fsp3) is 0.409. The molecule has 0 saturated heterocycles. The number of hydrogen-bond donors (Lipinski definition) is 1. The van der Waals surface area contributed by atoms with Crippen LogP contribution in [-0.4, -0.2) is 27.9 Å². The second kappa shape index (κ2) is 7.92. The Morgan fingerprint density at radius 1 is 1.08 bits per heavy atom. The summed E-state index contributed by atoms with van der Waals surface area (Å²) in [6, 6.07) is 12.6. The second-order valence-corrected chi connectivity index (χ2v) is 7.15. The van der Waals surface area contributed by atoms with Crippen molar-refractivity contribution in [3.63, 3.8) is 0 Å². The molecule has 1 aromatic heterocycles. The number of aliphatic hydroxyl groups excluding tert-OH is 1. The average Bonchev–Trinajstić information content (AvgIpc) is 2.93. The van der Waals surface area contributed by atoms with Crippen LogP contribution in [0.25, 0.3) is 11.0 Å². The fourth-order valence-electron chi connectivity index (χ4n) is 3.17. The number of ether oxygens (including phenoxy) is 1. The molecule has 0 bridgehead atoms. The number of nitrogens with zero attached hydrogens (tertiary/aromatic N) is 2. The SMILES string of the molecule is Cc1cc2nc(CCO)n(CCOc3ccc(C(C)C)cc3)c2cc1C. The molecule has 0 fully saturated rings. The number of aliphatic hydroxyl groups is 1. The molecule has 138 valence electrons. The van der Waals surface area contributed by atoms with Gasteiger partial charge in [0.05, 0.1) is 24.2 Å². The molecule has 3 aromatic rings. The van der Waals surface area contributed by atoms with Crippen LogP contribution in [0.2, 0.25) is 0 Å². The summed E-state index contributed by atoms with van der Waals surface area (Å²) in [6.45, 7) is 9.96. The molecule has 0 atom stereocenters. The fourth-order valence-corrected chi connectivity index (χ4v) is 3.17. The van der Waals surface area contributed by atoms with Crippen LogP contribution in [-0.2, 0) is 13.0 Å². The van der Waals surface area contributed by atoms with Crippen molar-refractivity contribution in [2.45, 2.75) is 46.6 Å². The summed E-state index contributed by atoms with van der Waals surface area (Å²) < 4.78 is 8.11. The lowest BCUT2D eigenvalue weighted by Gasteiger charge is -2.12. The zero-order valence-electron chi connectivity index (χ0n) is 16.1. The molecule has 0 amide bonds. The van der Waals surface area contributed by atoms with E-state index in [1.807, 2.05) is 12.1 Å². The maximum atomic E-state index is 9.37. The molecule has 0 radical (unpaired) electrons. The van der Waals surface area contributed by atoms with Crippen LogP contribution >= 0.6 is 0 Å². The molecule has 4 nitrogen and oxygen atoms in total. The number of hydrogen-bond acceptors (Lipinski definition) is 3. The van der Waals surface area contributed by atoms with Crippen molar-refractivity contribution in [1.29, 1.82) is 0 Å². The Bertz CT molecular complexity index is 879. The lowest BCUT2D eigenvalue weighted by Crippen LogP contribution is -2.12. The number of fused-ring (bicyclic) bond motifs is 1. The third-order valence-electron chi connectivity index (χ3n) is 4.91. The quantitative estimate of drug-likeness (QED) is 0.686. The van der Waals surface area contributed by atoms with Crippen molar-refractivity contribution < 1.29 is 9.84 Å². The van der Waals surface area contributed by atoms with Crippen LogP contribution in [0.15, 0.2) is 36.4 Å². The summed E-state index contributed by atoms with van der Waals surface area (Å²) in [5, 5.41) is 9.37. The monoisotopic (exact) mass is 352 g/mol. The zero-order valence-corrected chi connectivity index (χ0v) is 16.1. The molecular weight excluding hydrogens is 324 g/mol. The first-order chi connectivity index (χ1) is 12.5. The zero-order chi connectivity index (χ0) is 18.7. The number of aromatic nitrogens is 2. The van der Waals surface area contributed by atoms with Gasteiger partial charge in [-0.15, -0.1) is 0 Å². The standard InChI is InChI=1S/C22H28N2O2/c1-15(2)18-5-7-19(8-6-18)26-12-10-24-21-14-17(4)16(3)13-20(21)23-22(24)9-11-25/h5-8,13-15,25H,9-12H2,1-4H3. The smallest absolute Gasteiger partial charge is 0.119 e. The van der Waals surface area contributed by atoms with Gasteiger partial charge in [-0.3, -0.25) is 0 Å². The minimum atomic E-state index is 0.0960. The van der Waals surface area contributed by atoms with Crippen molar-refractivity contribution in [3.8, 4) is 5.75 Å². The summed E-state index contributed by atoms with van der Waals surface area (Å²) in [5.41, 5.74) is 5.89. The van der Waals surface area contributed by atoms with E-state index >= 15 is 0 Å². The molecule has 2 aromatic carbocycles. The lowest BCUT2D eigenvalue weighted by atomic mass is 10.0. The van der Waals surface area contributed by atoms with Gasteiger partial charge in [-0.1, -0.05) is 26.0 Å². The highest BCUT2D eigenvalue weighted by Crippen LogP contribution is 2.22. The highest BCUT2D eigenvalue weighted by molar-refractivity contribution is 5.78. The van der Waals surface area contributed by atoms with Crippen LogP contribution < -0.4 is 4.74 Å². The van der Waals surface area contributed by atoms with Gasteiger partial charge < -0.3 is 14.4 Å². The molecule has 26 heavy (non-hydrogen) atoms. The third-order valence-corrected chi connectivity index (χ3v) is 4.91. The highest BCUT2D eigenvalue weighted by atomic mass is 16.5. The van der Waals surface area contributed by atoms with Gasteiger partial charge in [0.15, 0.2) is 0 Å². The second-order valence-electron chi connectivity index (χ2n) is 7.15. The molecule has 4 heteroatoms. The number of aryl methyl sites for hydroxylation is 2. The van der Waals surface area contributed by atoms with E-state index in [4.69, 9.17) is 9.72 Å². The Labute approximate surface area is 155 Å². The topological polar surface area (TPSA) is 47.3 Å². The summed E-state index contributed by atoms with van der Waals surface area (Å²) in [7, 11) is 0. The molecule has 1 heterocycles. The van der Waals surface area contributed by atoms with Crippen LogP contribution in [0.5, 0.6) is 5.75 Å². The first-order valence-corrected chi connectivity index (χ1v) is 9.29. The molecule has 0 aliphatic rings. The summed E-state index contributed by atoms with van der Waals surface area (Å²) in [6.07, 6.45) is 0.551. The molecule has 0 spiro atoms. The molecule has 3 rings (SSSR count). The van der Waals surface area contributed by atoms with Crippen molar-refractivity contribution in [2.24, 2.45) is 0 Å². The predicted octanol–water partition coefficient (Wildman–Crippen LogP) is 4.39. The van der Waals surface area contributed by atoms with Crippen molar-refractivity contribution in [2.75, 3.05) is 13.2 Å². The van der Waals surface area contributed by atoms with Gasteiger partial charge in [-0.05, 0) is 60.7 Å². The predicted molar refractivity (Wildman–Crippen MR) is 106 cm³/mol. The minimum absolute atomic E-state index is 0.0960. The molecule has 0 aliphatic heterocycles. The van der Waals surface area contributed by atoms with Gasteiger partial charge in [-0.2, -0.15) is 0 Å². The van der Waals surface area contributed by atoms with E-state index in [9.17, 15) is 5.11 Å². The van der Waals surface area contributed by atoms with E-state index in [0.717, 1.165) is 22.6 Å².